The van der Waals surface area contributed by atoms with Crippen molar-refractivity contribution < 1.29 is 14.7 Å². The maximum atomic E-state index is 13.0. The number of carbonyl (C=O) groups is 2. The highest BCUT2D eigenvalue weighted by Gasteiger charge is 2.47. The first-order chi connectivity index (χ1) is 14.4. The zero-order valence-corrected chi connectivity index (χ0v) is 18.8. The Balaban J connectivity index is 1.87. The highest BCUT2D eigenvalue weighted by atomic mass is 79.9. The normalized spacial score (nSPS) is 18.1. The van der Waals surface area contributed by atoms with Gasteiger partial charge in [-0.3, -0.25) is 14.5 Å². The Bertz CT molecular complexity index is 1120. The van der Waals surface area contributed by atoms with Crippen LogP contribution in [0.2, 0.25) is 0 Å². The van der Waals surface area contributed by atoms with E-state index in [-0.39, 0.29) is 11.3 Å². The molecule has 1 amide bonds. The number of carbonyl (C=O) groups excluding carboxylic acids is 2. The average molecular weight is 483 g/mol. The molecule has 2 aromatic carbocycles. The lowest BCUT2D eigenvalue weighted by molar-refractivity contribution is -0.132. The molecule has 0 spiro atoms. The third kappa shape index (κ3) is 3.55. The van der Waals surface area contributed by atoms with Gasteiger partial charge in [0, 0.05) is 40.4 Å². The number of aliphatic hydroxyl groups is 1. The van der Waals surface area contributed by atoms with Gasteiger partial charge in [0.1, 0.15) is 11.8 Å². The highest BCUT2D eigenvalue weighted by molar-refractivity contribution is 9.10. The van der Waals surface area contributed by atoms with E-state index in [1.165, 1.54) is 16.2 Å². The number of nitrogens with zero attached hydrogens (tertiary/aromatic N) is 2. The van der Waals surface area contributed by atoms with Crippen LogP contribution in [0.3, 0.4) is 0 Å². The van der Waals surface area contributed by atoms with Gasteiger partial charge in [-0.25, -0.2) is 0 Å². The van der Waals surface area contributed by atoms with Crippen molar-refractivity contribution >= 4 is 56.1 Å². The Morgan fingerprint density at radius 1 is 1.03 bits per heavy atom. The summed E-state index contributed by atoms with van der Waals surface area (Å²) in [5.74, 6) is -1.51. The zero-order chi connectivity index (χ0) is 21.4. The number of amides is 1. The monoisotopic (exact) mass is 482 g/mol. The summed E-state index contributed by atoms with van der Waals surface area (Å²) in [6.07, 6.45) is 0. The van der Waals surface area contributed by atoms with Crippen molar-refractivity contribution in [2.45, 2.75) is 6.04 Å². The lowest BCUT2D eigenvalue weighted by atomic mass is 10.00. The first-order valence-corrected chi connectivity index (χ1v) is 10.9. The number of ketones is 1. The molecule has 4 rings (SSSR count). The molecular formula is C23H19BrN2O3S. The van der Waals surface area contributed by atoms with E-state index in [1.54, 1.807) is 24.3 Å². The Hall–Kier alpha value is -2.90. The van der Waals surface area contributed by atoms with Crippen LogP contribution in [0.25, 0.3) is 5.76 Å². The van der Waals surface area contributed by atoms with Gasteiger partial charge in [-0.15, -0.1) is 11.3 Å². The van der Waals surface area contributed by atoms with Crippen molar-refractivity contribution in [2.75, 3.05) is 23.9 Å². The first kappa shape index (κ1) is 20.4. The molecule has 3 aromatic rings. The van der Waals surface area contributed by atoms with Crippen LogP contribution >= 0.6 is 27.3 Å². The molecule has 0 bridgehead atoms. The number of hydrogen-bond donors (Lipinski definition) is 1. The van der Waals surface area contributed by atoms with Gasteiger partial charge in [-0.1, -0.05) is 34.1 Å². The Kier molecular flexibility index (Phi) is 5.49. The molecule has 1 saturated heterocycles. The molecule has 7 heteroatoms. The molecule has 0 radical (unpaired) electrons. The Morgan fingerprint density at radius 3 is 2.27 bits per heavy atom. The zero-order valence-electron chi connectivity index (χ0n) is 16.4. The molecule has 1 aliphatic heterocycles. The smallest absolute Gasteiger partial charge is 0.300 e. The molecule has 0 saturated carbocycles. The molecule has 1 unspecified atom stereocenters. The number of rotatable bonds is 4. The fourth-order valence-electron chi connectivity index (χ4n) is 3.49. The number of aliphatic hydroxyl groups excluding tert-OH is 1. The van der Waals surface area contributed by atoms with Gasteiger partial charge in [0.05, 0.1) is 5.57 Å². The van der Waals surface area contributed by atoms with Crippen LogP contribution < -0.4 is 9.80 Å². The fraction of sp³-hybridized carbons (Fsp3) is 0.130. The standard InChI is InChI=1S/C23H19BrN2O3S/c1-25(2)16-9-11-17(12-10-16)26-20(18-4-3-13-30-18)19(22(28)23(26)29)21(27)14-5-7-15(24)8-6-14/h3-13,20,27H,1-2H3/b21-19-. The average Bonchev–Trinajstić information content (AvgIpc) is 3.35. The Labute approximate surface area is 187 Å². The fourth-order valence-corrected chi connectivity index (χ4v) is 4.58. The largest absolute Gasteiger partial charge is 0.507 e. The van der Waals surface area contributed by atoms with E-state index in [0.717, 1.165) is 15.0 Å². The predicted molar refractivity (Wildman–Crippen MR) is 124 cm³/mol. The molecule has 1 aromatic heterocycles. The van der Waals surface area contributed by atoms with E-state index in [0.29, 0.717) is 11.3 Å². The number of benzene rings is 2. The molecule has 1 N–H and O–H groups in total. The third-order valence-electron chi connectivity index (χ3n) is 5.02. The van der Waals surface area contributed by atoms with E-state index in [9.17, 15) is 14.7 Å². The predicted octanol–water partition coefficient (Wildman–Crippen LogP) is 5.20. The molecule has 0 aliphatic carbocycles. The highest BCUT2D eigenvalue weighted by Crippen LogP contribution is 2.43. The van der Waals surface area contributed by atoms with Gasteiger partial charge in [0.15, 0.2) is 0 Å². The van der Waals surface area contributed by atoms with Crippen molar-refractivity contribution in [3.63, 3.8) is 0 Å². The van der Waals surface area contributed by atoms with Gasteiger partial charge >= 0.3 is 0 Å². The molecular weight excluding hydrogens is 464 g/mol. The van der Waals surface area contributed by atoms with Crippen molar-refractivity contribution in [1.82, 2.24) is 0 Å². The maximum Gasteiger partial charge on any atom is 0.300 e. The minimum Gasteiger partial charge on any atom is -0.507 e. The topological polar surface area (TPSA) is 60.9 Å². The number of anilines is 2. The second-order valence-corrected chi connectivity index (χ2v) is 9.00. The molecule has 1 aliphatic rings. The molecule has 1 fully saturated rings. The summed E-state index contributed by atoms with van der Waals surface area (Å²) in [7, 11) is 3.87. The number of thiophene rings is 1. The second-order valence-electron chi connectivity index (χ2n) is 7.10. The van der Waals surface area contributed by atoms with E-state index in [4.69, 9.17) is 0 Å². The minimum atomic E-state index is -0.689. The molecule has 5 nitrogen and oxygen atoms in total. The summed E-state index contributed by atoms with van der Waals surface area (Å²) < 4.78 is 0.857. The Morgan fingerprint density at radius 2 is 1.70 bits per heavy atom. The van der Waals surface area contributed by atoms with Gasteiger partial charge in [-0.2, -0.15) is 0 Å². The van der Waals surface area contributed by atoms with Crippen LogP contribution in [-0.4, -0.2) is 30.9 Å². The second kappa shape index (κ2) is 8.08. The van der Waals surface area contributed by atoms with Gasteiger partial charge in [0.2, 0.25) is 0 Å². The summed E-state index contributed by atoms with van der Waals surface area (Å²) in [4.78, 5) is 30.3. The molecule has 152 valence electrons. The van der Waals surface area contributed by atoms with E-state index >= 15 is 0 Å². The van der Waals surface area contributed by atoms with E-state index in [2.05, 4.69) is 15.9 Å². The van der Waals surface area contributed by atoms with Crippen molar-refractivity contribution in [1.29, 1.82) is 0 Å². The number of hydrogen-bond acceptors (Lipinski definition) is 5. The van der Waals surface area contributed by atoms with E-state index < -0.39 is 17.7 Å². The minimum absolute atomic E-state index is 0.0986. The summed E-state index contributed by atoms with van der Waals surface area (Å²) in [5.41, 5.74) is 2.18. The number of Topliss-reactive ketones (excluding diaryl/α,β-unsaturated/α-hetero) is 1. The summed E-state index contributed by atoms with van der Waals surface area (Å²) in [5, 5.41) is 12.9. The van der Waals surface area contributed by atoms with Gasteiger partial charge in [-0.05, 0) is 47.8 Å². The summed E-state index contributed by atoms with van der Waals surface area (Å²) in [6, 6.07) is 17.5. The van der Waals surface area contributed by atoms with E-state index in [1.807, 2.05) is 60.8 Å². The molecule has 2 heterocycles. The van der Waals surface area contributed by atoms with Gasteiger partial charge < -0.3 is 10.0 Å². The van der Waals surface area contributed by atoms with Crippen molar-refractivity contribution in [3.05, 3.63) is 86.5 Å². The van der Waals surface area contributed by atoms with Crippen LogP contribution in [0.15, 0.2) is 76.1 Å². The summed E-state index contributed by atoms with van der Waals surface area (Å²) >= 11 is 4.81. The quantitative estimate of drug-likeness (QED) is 0.315. The third-order valence-corrected chi connectivity index (χ3v) is 6.47. The molecule has 1 atom stereocenters. The maximum absolute atomic E-state index is 13.0. The lowest BCUT2D eigenvalue weighted by Crippen LogP contribution is -2.29. The van der Waals surface area contributed by atoms with Crippen LogP contribution in [0, 0.1) is 0 Å². The van der Waals surface area contributed by atoms with Crippen LogP contribution in [-0.2, 0) is 9.59 Å². The SMILES string of the molecule is CN(C)c1ccc(N2C(=O)C(=O)/C(=C(\O)c3ccc(Br)cc3)C2c2cccs2)cc1. The number of halogens is 1. The first-order valence-electron chi connectivity index (χ1n) is 9.26. The van der Waals surface area contributed by atoms with Crippen molar-refractivity contribution in [3.8, 4) is 0 Å². The van der Waals surface area contributed by atoms with Crippen LogP contribution in [0.4, 0.5) is 11.4 Å². The van der Waals surface area contributed by atoms with Crippen LogP contribution in [0.5, 0.6) is 0 Å². The van der Waals surface area contributed by atoms with Crippen molar-refractivity contribution in [2.24, 2.45) is 0 Å². The molecule has 30 heavy (non-hydrogen) atoms. The van der Waals surface area contributed by atoms with Gasteiger partial charge in [0.25, 0.3) is 11.7 Å². The lowest BCUT2D eigenvalue weighted by Gasteiger charge is -2.25. The summed E-state index contributed by atoms with van der Waals surface area (Å²) in [6.45, 7) is 0. The van der Waals surface area contributed by atoms with Crippen LogP contribution in [0.1, 0.15) is 16.5 Å².